The highest BCUT2D eigenvalue weighted by Gasteiger charge is 2.20. The lowest BCUT2D eigenvalue weighted by atomic mass is 10.1. The van der Waals surface area contributed by atoms with E-state index in [4.69, 9.17) is 10.6 Å². The fourth-order valence-corrected chi connectivity index (χ4v) is 2.70. The van der Waals surface area contributed by atoms with Crippen LogP contribution < -0.4 is 10.6 Å². The Balaban J connectivity index is 0.00000242. The third-order valence-corrected chi connectivity index (χ3v) is 4.13. The molecule has 0 spiro atoms. The number of carbonyl (C=O) groups excluding carboxylic acids is 1. The predicted octanol–water partition coefficient (Wildman–Crippen LogP) is 2.50. The number of hydrogen-bond acceptors (Lipinski definition) is 6. The van der Waals surface area contributed by atoms with E-state index in [9.17, 15) is 4.79 Å². The van der Waals surface area contributed by atoms with Crippen molar-refractivity contribution in [2.24, 2.45) is 0 Å². The highest BCUT2D eigenvalue weighted by Crippen LogP contribution is 2.24. The summed E-state index contributed by atoms with van der Waals surface area (Å²) in [7, 11) is 1.59. The molecule has 1 aromatic carbocycles. The maximum absolute atomic E-state index is 12.4. The van der Waals surface area contributed by atoms with Gasteiger partial charge in [0.25, 0.3) is 0 Å². The first-order valence-electron chi connectivity index (χ1n) is 6.61. The van der Waals surface area contributed by atoms with Crippen LogP contribution in [0.1, 0.15) is 30.0 Å². The van der Waals surface area contributed by atoms with E-state index in [1.807, 2.05) is 13.8 Å². The number of methoxy groups -OCH3 is 1. The molecule has 2 rings (SSSR count). The molecular weight excluding hydrogens is 368 g/mol. The first kappa shape index (κ1) is 18.5. The number of hydrogen-bond donors (Lipinski definition) is 1. The van der Waals surface area contributed by atoms with Crippen LogP contribution in [-0.2, 0) is 6.42 Å². The van der Waals surface area contributed by atoms with E-state index in [2.05, 4.69) is 10.2 Å². The average molecular weight is 387 g/mol. The number of benzene rings is 1. The van der Waals surface area contributed by atoms with Crippen LogP contribution in [0.15, 0.2) is 29.4 Å². The number of nitrogens with two attached hydrogens (primary N) is 1. The SMILES string of the molecule is Br.CCc1nnc(SC(C)C(=O)c2ccc(OC)cc2)n1N. The number of aromatic nitrogens is 3. The number of halogens is 1. The van der Waals surface area contributed by atoms with Gasteiger partial charge in [0.05, 0.1) is 12.4 Å². The summed E-state index contributed by atoms with van der Waals surface area (Å²) < 4.78 is 6.51. The smallest absolute Gasteiger partial charge is 0.210 e. The summed E-state index contributed by atoms with van der Waals surface area (Å²) >= 11 is 1.30. The monoisotopic (exact) mass is 386 g/mol. The molecule has 8 heteroatoms. The van der Waals surface area contributed by atoms with Crippen LogP contribution in [0.25, 0.3) is 0 Å². The molecule has 1 aromatic heterocycles. The van der Waals surface area contributed by atoms with Crippen molar-refractivity contribution >= 4 is 34.5 Å². The highest BCUT2D eigenvalue weighted by atomic mass is 79.9. The van der Waals surface area contributed by atoms with Crippen molar-refractivity contribution in [2.75, 3.05) is 13.0 Å². The summed E-state index contributed by atoms with van der Waals surface area (Å²) in [6, 6.07) is 7.04. The zero-order valence-corrected chi connectivity index (χ0v) is 15.2. The van der Waals surface area contributed by atoms with Gasteiger partial charge in [-0.05, 0) is 31.2 Å². The molecule has 0 fully saturated rings. The molecule has 0 aliphatic carbocycles. The molecule has 0 amide bonds. The predicted molar refractivity (Wildman–Crippen MR) is 92.5 cm³/mol. The van der Waals surface area contributed by atoms with E-state index in [1.165, 1.54) is 16.4 Å². The molecule has 2 N–H and O–H groups in total. The van der Waals surface area contributed by atoms with Gasteiger partial charge in [-0.25, -0.2) is 4.68 Å². The molecule has 1 heterocycles. The number of nitrogens with zero attached hydrogens (tertiary/aromatic N) is 3. The van der Waals surface area contributed by atoms with Crippen molar-refractivity contribution < 1.29 is 9.53 Å². The van der Waals surface area contributed by atoms with Crippen LogP contribution in [0.2, 0.25) is 0 Å². The lowest BCUT2D eigenvalue weighted by molar-refractivity contribution is 0.0994. The Labute approximate surface area is 144 Å². The molecule has 6 nitrogen and oxygen atoms in total. The minimum atomic E-state index is -0.297. The van der Waals surface area contributed by atoms with Crippen LogP contribution in [0.4, 0.5) is 0 Å². The fourth-order valence-electron chi connectivity index (χ4n) is 1.83. The van der Waals surface area contributed by atoms with E-state index in [0.29, 0.717) is 23.0 Å². The van der Waals surface area contributed by atoms with Gasteiger partial charge >= 0.3 is 0 Å². The third-order valence-electron chi connectivity index (χ3n) is 3.08. The Bertz CT molecular complexity index is 630. The Morgan fingerprint density at radius 2 is 2.00 bits per heavy atom. The molecule has 0 aliphatic rings. The van der Waals surface area contributed by atoms with Gasteiger partial charge in [-0.3, -0.25) is 4.79 Å². The van der Waals surface area contributed by atoms with Crippen molar-refractivity contribution in [2.45, 2.75) is 30.7 Å². The average Bonchev–Trinajstić information content (AvgIpc) is 2.87. The standard InChI is InChI=1S/C14H18N4O2S.BrH/c1-4-12-16-17-14(18(12)15)21-9(2)13(19)10-5-7-11(20-3)8-6-10;/h5-9H,4,15H2,1-3H3;1H. The summed E-state index contributed by atoms with van der Waals surface area (Å²) in [4.78, 5) is 12.4. The number of thioether (sulfide) groups is 1. The van der Waals surface area contributed by atoms with Crippen LogP contribution in [-0.4, -0.2) is 33.0 Å². The number of Topliss-reactive ketones (excluding diaryl/α,β-unsaturated/α-hetero) is 1. The first-order valence-corrected chi connectivity index (χ1v) is 7.49. The fraction of sp³-hybridized carbons (Fsp3) is 0.357. The minimum Gasteiger partial charge on any atom is -0.497 e. The van der Waals surface area contributed by atoms with Crippen molar-refractivity contribution in [3.63, 3.8) is 0 Å². The number of rotatable bonds is 6. The third kappa shape index (κ3) is 4.01. The summed E-state index contributed by atoms with van der Waals surface area (Å²) in [5, 5.41) is 8.24. The summed E-state index contributed by atoms with van der Waals surface area (Å²) in [6.45, 7) is 3.78. The number of carbonyl (C=O) groups is 1. The molecule has 0 radical (unpaired) electrons. The van der Waals surface area contributed by atoms with Crippen LogP contribution in [0.3, 0.4) is 0 Å². The second kappa shape index (κ2) is 8.19. The number of nitrogen functional groups attached to an aromatic ring is 1. The van der Waals surface area contributed by atoms with Gasteiger partial charge < -0.3 is 10.6 Å². The van der Waals surface area contributed by atoms with Gasteiger partial charge in [0.2, 0.25) is 5.16 Å². The van der Waals surface area contributed by atoms with E-state index in [0.717, 1.165) is 5.75 Å². The lowest BCUT2D eigenvalue weighted by Crippen LogP contribution is -2.18. The first-order chi connectivity index (χ1) is 10.1. The van der Waals surface area contributed by atoms with Crippen LogP contribution in [0.5, 0.6) is 5.75 Å². The maximum Gasteiger partial charge on any atom is 0.210 e. The Morgan fingerprint density at radius 3 is 2.50 bits per heavy atom. The summed E-state index contributed by atoms with van der Waals surface area (Å²) in [5.74, 6) is 7.32. The Morgan fingerprint density at radius 1 is 1.36 bits per heavy atom. The molecule has 2 aromatic rings. The molecule has 1 atom stereocenters. The molecule has 0 aliphatic heterocycles. The van der Waals surface area contributed by atoms with Crippen molar-refractivity contribution in [3.05, 3.63) is 35.7 Å². The van der Waals surface area contributed by atoms with Gasteiger partial charge in [-0.1, -0.05) is 18.7 Å². The second-order valence-corrected chi connectivity index (χ2v) is 5.78. The number of aryl methyl sites for hydroxylation is 1. The van der Waals surface area contributed by atoms with Gasteiger partial charge in [-0.15, -0.1) is 27.2 Å². The summed E-state index contributed by atoms with van der Waals surface area (Å²) in [5.41, 5.74) is 0.634. The van der Waals surface area contributed by atoms with Gasteiger partial charge in [0.15, 0.2) is 11.6 Å². The van der Waals surface area contributed by atoms with Crippen molar-refractivity contribution in [1.82, 2.24) is 14.9 Å². The van der Waals surface area contributed by atoms with Crippen LogP contribution >= 0.6 is 28.7 Å². The normalized spacial score (nSPS) is 11.6. The molecule has 0 saturated heterocycles. The number of ketones is 1. The zero-order valence-electron chi connectivity index (χ0n) is 12.6. The quantitative estimate of drug-likeness (QED) is 0.466. The van der Waals surface area contributed by atoms with Crippen LogP contribution in [0, 0.1) is 0 Å². The lowest BCUT2D eigenvalue weighted by Gasteiger charge is -2.10. The van der Waals surface area contributed by atoms with E-state index in [1.54, 1.807) is 31.4 Å². The molecule has 120 valence electrons. The molecule has 0 bridgehead atoms. The summed E-state index contributed by atoms with van der Waals surface area (Å²) in [6.07, 6.45) is 0.699. The van der Waals surface area contributed by atoms with Gasteiger partial charge in [0, 0.05) is 12.0 Å². The second-order valence-electron chi connectivity index (χ2n) is 4.48. The molecule has 1 unspecified atom stereocenters. The van der Waals surface area contributed by atoms with E-state index >= 15 is 0 Å². The van der Waals surface area contributed by atoms with Gasteiger partial charge in [-0.2, -0.15) is 0 Å². The zero-order chi connectivity index (χ0) is 15.4. The highest BCUT2D eigenvalue weighted by molar-refractivity contribution is 8.93. The molecule has 0 saturated carbocycles. The van der Waals surface area contributed by atoms with Gasteiger partial charge in [0.1, 0.15) is 5.75 Å². The van der Waals surface area contributed by atoms with Crippen molar-refractivity contribution in [1.29, 1.82) is 0 Å². The molecule has 22 heavy (non-hydrogen) atoms. The van der Waals surface area contributed by atoms with Crippen molar-refractivity contribution in [3.8, 4) is 5.75 Å². The molecular formula is C14H19BrN4O2S. The topological polar surface area (TPSA) is 83.0 Å². The Hall–Kier alpha value is -1.54. The van der Waals surface area contributed by atoms with E-state index < -0.39 is 0 Å². The minimum absolute atomic E-state index is 0. The largest absolute Gasteiger partial charge is 0.497 e. The maximum atomic E-state index is 12.4. The number of ether oxygens (including phenoxy) is 1. The Kier molecular flexibility index (Phi) is 6.89. The van der Waals surface area contributed by atoms with E-state index in [-0.39, 0.29) is 28.0 Å².